The first-order valence-electron chi connectivity index (χ1n) is 9.88. The van der Waals surface area contributed by atoms with Gasteiger partial charge in [-0.2, -0.15) is 0 Å². The van der Waals surface area contributed by atoms with Gasteiger partial charge in [-0.15, -0.1) is 0 Å². The summed E-state index contributed by atoms with van der Waals surface area (Å²) in [5.74, 6) is -1.66. The standard InChI is InChI=1S/C26H18O5/c27-23-13-22(25(29)20-8-4-3-7-19(20)23)26(30)31-14-24(28)17-10-9-16-11-15-5-1-2-6-18(15)21(16)12-17/h1-10,12-13,27,29H,11,14H2. The fourth-order valence-corrected chi connectivity index (χ4v) is 4.09. The van der Waals surface area contributed by atoms with E-state index in [0.29, 0.717) is 16.3 Å². The van der Waals surface area contributed by atoms with Gasteiger partial charge in [0, 0.05) is 16.3 Å². The Morgan fingerprint density at radius 1 is 0.806 bits per heavy atom. The second kappa shape index (κ2) is 7.29. The van der Waals surface area contributed by atoms with Crippen molar-refractivity contribution in [2.24, 2.45) is 0 Å². The number of hydrogen-bond acceptors (Lipinski definition) is 5. The van der Waals surface area contributed by atoms with E-state index in [1.54, 1.807) is 30.3 Å². The molecule has 0 unspecified atom stereocenters. The zero-order valence-electron chi connectivity index (χ0n) is 16.5. The quantitative estimate of drug-likeness (QED) is 0.251. The van der Waals surface area contributed by atoms with E-state index in [1.807, 2.05) is 30.3 Å². The summed E-state index contributed by atoms with van der Waals surface area (Å²) in [6, 6.07) is 21.3. The van der Waals surface area contributed by atoms with Crippen LogP contribution in [0.1, 0.15) is 31.8 Å². The summed E-state index contributed by atoms with van der Waals surface area (Å²) in [5, 5.41) is 21.3. The Hall–Kier alpha value is -4.12. The number of carbonyl (C=O) groups is 2. The van der Waals surface area contributed by atoms with Crippen LogP contribution in [0.4, 0.5) is 0 Å². The van der Waals surface area contributed by atoms with Gasteiger partial charge in [0.15, 0.2) is 12.4 Å². The molecule has 1 aliphatic carbocycles. The molecule has 0 radical (unpaired) electrons. The van der Waals surface area contributed by atoms with Crippen LogP contribution in [0.25, 0.3) is 21.9 Å². The third kappa shape index (κ3) is 3.20. The van der Waals surface area contributed by atoms with Gasteiger partial charge in [0.25, 0.3) is 0 Å². The molecule has 0 saturated heterocycles. The van der Waals surface area contributed by atoms with Gasteiger partial charge in [0.05, 0.1) is 0 Å². The fourth-order valence-electron chi connectivity index (χ4n) is 4.09. The molecular weight excluding hydrogens is 392 g/mol. The highest BCUT2D eigenvalue weighted by atomic mass is 16.5. The van der Waals surface area contributed by atoms with Crippen molar-refractivity contribution in [1.82, 2.24) is 0 Å². The van der Waals surface area contributed by atoms with Crippen LogP contribution in [0.2, 0.25) is 0 Å². The number of phenolic OH excluding ortho intramolecular Hbond substituents is 2. The summed E-state index contributed by atoms with van der Waals surface area (Å²) in [6.45, 7) is -0.466. The molecule has 0 atom stereocenters. The largest absolute Gasteiger partial charge is 0.507 e. The van der Waals surface area contributed by atoms with Crippen LogP contribution in [0.5, 0.6) is 11.5 Å². The molecule has 0 amide bonds. The van der Waals surface area contributed by atoms with Crippen LogP contribution in [0, 0.1) is 0 Å². The van der Waals surface area contributed by atoms with Crippen LogP contribution < -0.4 is 0 Å². The molecule has 0 spiro atoms. The van der Waals surface area contributed by atoms with Crippen LogP contribution in [-0.4, -0.2) is 28.6 Å². The van der Waals surface area contributed by atoms with Crippen LogP contribution in [-0.2, 0) is 11.2 Å². The lowest BCUT2D eigenvalue weighted by molar-refractivity contribution is 0.0472. The first-order valence-corrected chi connectivity index (χ1v) is 9.88. The van der Waals surface area contributed by atoms with E-state index in [0.717, 1.165) is 29.2 Å². The molecule has 0 saturated carbocycles. The lowest BCUT2D eigenvalue weighted by atomic mass is 10.0. The number of Topliss-reactive ketones (excluding diaryl/α,β-unsaturated/α-hetero) is 1. The van der Waals surface area contributed by atoms with E-state index in [9.17, 15) is 19.8 Å². The van der Waals surface area contributed by atoms with Crippen molar-refractivity contribution in [3.05, 3.63) is 95.1 Å². The van der Waals surface area contributed by atoms with Crippen LogP contribution in [0.15, 0.2) is 72.8 Å². The van der Waals surface area contributed by atoms with E-state index >= 15 is 0 Å². The summed E-state index contributed by atoms with van der Waals surface area (Å²) in [5.41, 5.74) is 4.78. The molecule has 0 aromatic heterocycles. The number of hydrogen-bond donors (Lipinski definition) is 2. The molecule has 0 fully saturated rings. The average Bonchev–Trinajstić information content (AvgIpc) is 3.17. The minimum absolute atomic E-state index is 0.149. The molecular formula is C26H18O5. The van der Waals surface area contributed by atoms with E-state index in [2.05, 4.69) is 6.07 Å². The van der Waals surface area contributed by atoms with Gasteiger partial charge < -0.3 is 14.9 Å². The minimum Gasteiger partial charge on any atom is -0.507 e. The molecule has 0 bridgehead atoms. The first-order chi connectivity index (χ1) is 15.0. The van der Waals surface area contributed by atoms with E-state index < -0.39 is 12.6 Å². The zero-order chi connectivity index (χ0) is 21.5. The van der Waals surface area contributed by atoms with Crippen molar-refractivity contribution in [1.29, 1.82) is 0 Å². The zero-order valence-corrected chi connectivity index (χ0v) is 16.5. The fraction of sp³-hybridized carbons (Fsp3) is 0.0769. The highest BCUT2D eigenvalue weighted by Gasteiger charge is 2.22. The maximum Gasteiger partial charge on any atom is 0.342 e. The van der Waals surface area contributed by atoms with Crippen molar-refractivity contribution >= 4 is 22.5 Å². The van der Waals surface area contributed by atoms with Crippen molar-refractivity contribution in [3.63, 3.8) is 0 Å². The van der Waals surface area contributed by atoms with E-state index in [-0.39, 0.29) is 22.8 Å². The van der Waals surface area contributed by atoms with Crippen LogP contribution >= 0.6 is 0 Å². The Bertz CT molecular complexity index is 1370. The van der Waals surface area contributed by atoms with Crippen LogP contribution in [0.3, 0.4) is 0 Å². The molecule has 1 aliphatic rings. The van der Waals surface area contributed by atoms with E-state index in [1.165, 1.54) is 5.56 Å². The predicted octanol–water partition coefficient (Wildman–Crippen LogP) is 4.86. The number of ketones is 1. The number of phenols is 2. The minimum atomic E-state index is -0.876. The first kappa shape index (κ1) is 18.9. The molecule has 2 N–H and O–H groups in total. The molecule has 4 aromatic carbocycles. The number of esters is 1. The second-order valence-electron chi connectivity index (χ2n) is 7.54. The predicted molar refractivity (Wildman–Crippen MR) is 117 cm³/mol. The molecule has 31 heavy (non-hydrogen) atoms. The molecule has 152 valence electrons. The molecule has 5 heteroatoms. The summed E-state index contributed by atoms with van der Waals surface area (Å²) >= 11 is 0. The van der Waals surface area contributed by atoms with Gasteiger partial charge in [-0.05, 0) is 40.8 Å². The van der Waals surface area contributed by atoms with Gasteiger partial charge in [-0.25, -0.2) is 4.79 Å². The Kier molecular flexibility index (Phi) is 4.44. The van der Waals surface area contributed by atoms with Crippen molar-refractivity contribution < 1.29 is 24.5 Å². The van der Waals surface area contributed by atoms with Gasteiger partial charge >= 0.3 is 5.97 Å². The Labute approximate surface area is 178 Å². The number of benzene rings is 4. The molecule has 0 heterocycles. The smallest absolute Gasteiger partial charge is 0.342 e. The molecule has 5 rings (SSSR count). The maximum absolute atomic E-state index is 12.7. The Balaban J connectivity index is 1.36. The second-order valence-corrected chi connectivity index (χ2v) is 7.54. The topological polar surface area (TPSA) is 83.8 Å². The number of carbonyl (C=O) groups excluding carboxylic acids is 2. The average molecular weight is 410 g/mol. The lowest BCUT2D eigenvalue weighted by Crippen LogP contribution is -2.14. The van der Waals surface area contributed by atoms with Gasteiger partial charge in [-0.3, -0.25) is 4.79 Å². The van der Waals surface area contributed by atoms with Gasteiger partial charge in [-0.1, -0.05) is 60.7 Å². The third-order valence-electron chi connectivity index (χ3n) is 5.67. The number of rotatable bonds is 4. The monoisotopic (exact) mass is 410 g/mol. The van der Waals surface area contributed by atoms with Crippen molar-refractivity contribution in [3.8, 4) is 22.6 Å². The Morgan fingerprint density at radius 2 is 1.52 bits per heavy atom. The van der Waals surface area contributed by atoms with Gasteiger partial charge in [0.2, 0.25) is 0 Å². The Morgan fingerprint density at radius 3 is 2.35 bits per heavy atom. The lowest BCUT2D eigenvalue weighted by Gasteiger charge is -2.10. The third-order valence-corrected chi connectivity index (χ3v) is 5.67. The van der Waals surface area contributed by atoms with Gasteiger partial charge in [0.1, 0.15) is 17.1 Å². The summed E-state index contributed by atoms with van der Waals surface area (Å²) in [4.78, 5) is 25.2. The number of aromatic hydroxyl groups is 2. The SMILES string of the molecule is O=C(COC(=O)c1cc(O)c2ccccc2c1O)c1ccc2c(c1)-c1ccccc1C2. The molecule has 5 nitrogen and oxygen atoms in total. The van der Waals surface area contributed by atoms with Crippen molar-refractivity contribution in [2.45, 2.75) is 6.42 Å². The normalized spacial score (nSPS) is 11.7. The number of fused-ring (bicyclic) bond motifs is 4. The maximum atomic E-state index is 12.7. The molecule has 4 aromatic rings. The van der Waals surface area contributed by atoms with Crippen molar-refractivity contribution in [2.75, 3.05) is 6.61 Å². The number of ether oxygens (including phenoxy) is 1. The summed E-state index contributed by atoms with van der Waals surface area (Å²) in [6.07, 6.45) is 0.833. The summed E-state index contributed by atoms with van der Waals surface area (Å²) < 4.78 is 5.16. The summed E-state index contributed by atoms with van der Waals surface area (Å²) in [7, 11) is 0. The molecule has 0 aliphatic heterocycles. The highest BCUT2D eigenvalue weighted by molar-refractivity contribution is 6.05. The van der Waals surface area contributed by atoms with E-state index in [4.69, 9.17) is 4.74 Å². The highest BCUT2D eigenvalue weighted by Crippen LogP contribution is 2.37.